The summed E-state index contributed by atoms with van der Waals surface area (Å²) >= 11 is 7.20. The number of anilines is 6. The number of fused-ring (bicyclic) bond motifs is 12. The number of halogens is 1. The maximum Gasteiger partial charge on any atom is 0.494 e. The van der Waals surface area contributed by atoms with Gasteiger partial charge in [-0.05, 0) is 160 Å². The highest BCUT2D eigenvalue weighted by molar-refractivity contribution is 9.10. The zero-order chi connectivity index (χ0) is 59.5. The molecule has 0 unspecified atom stereocenters. The summed E-state index contributed by atoms with van der Waals surface area (Å²) in [6.07, 6.45) is 0. The van der Waals surface area contributed by atoms with Crippen LogP contribution in [0.25, 0.3) is 95.1 Å². The van der Waals surface area contributed by atoms with E-state index in [4.69, 9.17) is 9.31 Å². The second-order valence-corrected chi connectivity index (χ2v) is 26.4. The van der Waals surface area contributed by atoms with E-state index in [1.54, 1.807) is 0 Å². The van der Waals surface area contributed by atoms with Crippen molar-refractivity contribution in [3.63, 3.8) is 0 Å². The van der Waals surface area contributed by atoms with Gasteiger partial charge in [-0.25, -0.2) is 0 Å². The first-order chi connectivity index (χ1) is 43.0. The third-order valence-electron chi connectivity index (χ3n) is 17.4. The van der Waals surface area contributed by atoms with E-state index in [1.807, 2.05) is 28.7 Å². The second-order valence-electron chi connectivity index (χ2n) is 23.4. The van der Waals surface area contributed by atoms with Crippen molar-refractivity contribution >= 4 is 169 Å². The average molecular weight is 1240 g/mol. The molecule has 0 atom stereocenters. The Labute approximate surface area is 528 Å². The van der Waals surface area contributed by atoms with Crippen LogP contribution in [0.3, 0.4) is 0 Å². The molecule has 0 radical (unpaired) electrons. The average Bonchev–Trinajstić information content (AvgIpc) is 2.53. The zero-order valence-corrected chi connectivity index (χ0v) is 52.3. The Hall–Kier alpha value is -9.26. The fourth-order valence-corrected chi connectivity index (χ4v) is 15.0. The summed E-state index contributed by atoms with van der Waals surface area (Å²) in [5, 5.41) is 10.3. The minimum atomic E-state index is -0.370. The highest BCUT2D eigenvalue weighted by Gasteiger charge is 2.51. The SMILES string of the molecule is Brc1ccc2[nH]c3ccccc3c2c1.CC1(C)OB(c2ccc(N(c3ccccc3)c3cccc4c3sc3ccccc34)cc2)OC1(C)C.c1ccc(N(c2ccc(-c3ccc4[nH]c5ccccc5c4c3)cc2)c2cccc3c2sc2ccccc23)cc1. The molecule has 4 aromatic heterocycles. The summed E-state index contributed by atoms with van der Waals surface area (Å²) < 4.78 is 18.9. The molecule has 1 fully saturated rings. The summed E-state index contributed by atoms with van der Waals surface area (Å²) in [5.74, 6) is 0. The quantitative estimate of drug-likeness (QED) is 0.149. The molecule has 1 aliphatic heterocycles. The number of hydrogen-bond donors (Lipinski definition) is 2. The molecule has 12 aromatic carbocycles. The van der Waals surface area contributed by atoms with Crippen LogP contribution in [0.15, 0.2) is 284 Å². The minimum Gasteiger partial charge on any atom is -0.399 e. The Morgan fingerprint density at radius 2 is 0.727 bits per heavy atom. The van der Waals surface area contributed by atoms with Crippen LogP contribution in [0, 0.1) is 0 Å². The van der Waals surface area contributed by atoms with Gasteiger partial charge in [-0.2, -0.15) is 0 Å². The standard InChI is InChI=1S/C36H24N2S.C30H28BNO2S.C12H8BrN/c1-2-9-26(10-3-1)38(34-15-8-13-30-29-12-5-7-16-35(29)39-36(30)34)27-20-17-24(18-21-27)25-19-22-33-31(23-25)28-11-4-6-14-32(28)37-33;1-29(2)30(3,4)34-31(33-29)21-17-19-23(20-18-21)32(22-11-6-5-7-12-22)26-15-10-14-25-24-13-8-9-16-27(24)35-28(25)26;13-8-5-6-12-10(7-8)9-3-1-2-4-11(9)14-12/h1-23,37H;5-20H,1-4H3;1-7,14H. The number of para-hydroxylation sites is 4. The highest BCUT2D eigenvalue weighted by Crippen LogP contribution is 2.47. The lowest BCUT2D eigenvalue weighted by Gasteiger charge is -2.32. The number of nitrogens with one attached hydrogen (secondary N) is 2. The number of thiophene rings is 2. The first-order valence-electron chi connectivity index (χ1n) is 29.8. The molecule has 426 valence electrons. The van der Waals surface area contributed by atoms with Crippen molar-refractivity contribution < 1.29 is 9.31 Å². The Morgan fingerprint density at radius 1 is 0.341 bits per heavy atom. The van der Waals surface area contributed by atoms with Crippen LogP contribution in [0.4, 0.5) is 34.1 Å². The zero-order valence-electron chi connectivity index (χ0n) is 49.0. The van der Waals surface area contributed by atoms with Gasteiger partial charge in [-0.3, -0.25) is 0 Å². The minimum absolute atomic E-state index is 0.358. The molecule has 2 N–H and O–H groups in total. The first-order valence-corrected chi connectivity index (χ1v) is 32.2. The van der Waals surface area contributed by atoms with Gasteiger partial charge in [0.05, 0.1) is 32.0 Å². The van der Waals surface area contributed by atoms with E-state index in [9.17, 15) is 0 Å². The van der Waals surface area contributed by atoms with Crippen molar-refractivity contribution in [1.82, 2.24) is 9.97 Å². The number of rotatable bonds is 8. The molecule has 1 aliphatic rings. The Morgan fingerprint density at radius 3 is 1.24 bits per heavy atom. The van der Waals surface area contributed by atoms with Crippen molar-refractivity contribution in [3.8, 4) is 11.1 Å². The van der Waals surface area contributed by atoms with Crippen molar-refractivity contribution in [2.75, 3.05) is 9.80 Å². The fraction of sp³-hybridized carbons (Fsp3) is 0.0769. The second kappa shape index (κ2) is 22.8. The lowest BCUT2D eigenvalue weighted by Crippen LogP contribution is -2.41. The number of aromatic nitrogens is 2. The van der Waals surface area contributed by atoms with Gasteiger partial charge in [-0.15, -0.1) is 22.7 Å². The van der Waals surface area contributed by atoms with Gasteiger partial charge in [-0.1, -0.05) is 180 Å². The van der Waals surface area contributed by atoms with Crippen molar-refractivity contribution in [2.24, 2.45) is 0 Å². The Kier molecular flexibility index (Phi) is 14.3. The summed E-state index contributed by atoms with van der Waals surface area (Å²) in [6.45, 7) is 8.35. The summed E-state index contributed by atoms with van der Waals surface area (Å²) in [6, 6.07) is 99.2. The molecule has 0 spiro atoms. The van der Waals surface area contributed by atoms with E-state index in [-0.39, 0.29) is 18.3 Å². The molecule has 5 heterocycles. The van der Waals surface area contributed by atoms with Crippen molar-refractivity contribution in [1.29, 1.82) is 0 Å². The van der Waals surface area contributed by atoms with E-state index >= 15 is 0 Å². The molecule has 0 amide bonds. The number of benzene rings is 12. The number of nitrogens with zero attached hydrogens (tertiary/aromatic N) is 2. The largest absolute Gasteiger partial charge is 0.494 e. The van der Waals surface area contributed by atoms with Crippen molar-refractivity contribution in [3.05, 3.63) is 284 Å². The molecule has 0 saturated carbocycles. The maximum absolute atomic E-state index is 6.28. The van der Waals surface area contributed by atoms with Crippen LogP contribution < -0.4 is 15.3 Å². The van der Waals surface area contributed by atoms with Gasteiger partial charge in [0.25, 0.3) is 0 Å². The van der Waals surface area contributed by atoms with E-state index in [0.29, 0.717) is 0 Å². The highest BCUT2D eigenvalue weighted by atomic mass is 79.9. The van der Waals surface area contributed by atoms with Gasteiger partial charge in [0.2, 0.25) is 0 Å². The number of aromatic amines is 2. The van der Waals surface area contributed by atoms with Crippen LogP contribution in [0.5, 0.6) is 0 Å². The predicted octanol–water partition coefficient (Wildman–Crippen LogP) is 22.7. The lowest BCUT2D eigenvalue weighted by atomic mass is 9.79. The van der Waals surface area contributed by atoms with Crippen LogP contribution >= 0.6 is 38.6 Å². The third kappa shape index (κ3) is 10.2. The van der Waals surface area contributed by atoms with Crippen LogP contribution in [-0.2, 0) is 9.31 Å². The van der Waals surface area contributed by atoms with Gasteiger partial charge in [0, 0.05) is 102 Å². The molecule has 1 saturated heterocycles. The van der Waals surface area contributed by atoms with Gasteiger partial charge < -0.3 is 29.1 Å². The molecule has 17 rings (SSSR count). The van der Waals surface area contributed by atoms with E-state index in [0.717, 1.165) is 32.7 Å². The summed E-state index contributed by atoms with van der Waals surface area (Å²) in [7, 11) is -0.370. The molecule has 6 nitrogen and oxygen atoms in total. The molecule has 10 heteroatoms. The van der Waals surface area contributed by atoms with Crippen molar-refractivity contribution in [2.45, 2.75) is 38.9 Å². The molecule has 16 aromatic rings. The Bertz CT molecular complexity index is 5190. The van der Waals surface area contributed by atoms with Gasteiger partial charge in [0.15, 0.2) is 0 Å². The van der Waals surface area contributed by atoms with Crippen LogP contribution in [0.1, 0.15) is 27.7 Å². The summed E-state index contributed by atoms with van der Waals surface area (Å²) in [4.78, 5) is 11.6. The maximum atomic E-state index is 6.28. The Balaban J connectivity index is 0.000000122. The molecular formula is C78H60BBrN4O2S2. The van der Waals surface area contributed by atoms with Crippen LogP contribution in [-0.4, -0.2) is 28.3 Å². The van der Waals surface area contributed by atoms with Crippen LogP contribution in [0.2, 0.25) is 0 Å². The van der Waals surface area contributed by atoms with E-state index < -0.39 is 0 Å². The summed E-state index contributed by atoms with van der Waals surface area (Å²) in [5.41, 5.74) is 14.4. The first kappa shape index (κ1) is 55.3. The number of hydrogen-bond acceptors (Lipinski definition) is 6. The predicted molar refractivity (Wildman–Crippen MR) is 382 cm³/mol. The smallest absolute Gasteiger partial charge is 0.399 e. The topological polar surface area (TPSA) is 56.5 Å². The van der Waals surface area contributed by atoms with E-state index in [2.05, 4.69) is 336 Å². The normalized spacial score (nSPS) is 13.6. The molecule has 88 heavy (non-hydrogen) atoms. The van der Waals surface area contributed by atoms with Gasteiger partial charge in [0.1, 0.15) is 0 Å². The molecule has 0 bridgehead atoms. The molecule has 0 aliphatic carbocycles. The van der Waals surface area contributed by atoms with Gasteiger partial charge >= 0.3 is 7.12 Å². The monoisotopic (exact) mass is 1240 g/mol. The number of H-pyrrole nitrogens is 2. The fourth-order valence-electron chi connectivity index (χ4n) is 12.2. The third-order valence-corrected chi connectivity index (χ3v) is 20.3. The lowest BCUT2D eigenvalue weighted by molar-refractivity contribution is 0.00578. The van der Waals surface area contributed by atoms with E-state index in [1.165, 1.54) is 106 Å². The molecular weight excluding hydrogens is 1180 g/mol.